The highest BCUT2D eigenvalue weighted by atomic mass is 79.9. The zero-order chi connectivity index (χ0) is 13.5. The molecule has 0 amide bonds. The van der Waals surface area contributed by atoms with Crippen molar-refractivity contribution in [1.29, 1.82) is 0 Å². The molecular formula is C14H17BrN2O2. The first-order valence-corrected chi connectivity index (χ1v) is 7.34. The van der Waals surface area contributed by atoms with E-state index in [1.807, 2.05) is 18.2 Å². The smallest absolute Gasteiger partial charge is 0.209 e. The van der Waals surface area contributed by atoms with Crippen LogP contribution in [0.2, 0.25) is 0 Å². The normalized spacial score (nSPS) is 27.2. The van der Waals surface area contributed by atoms with E-state index < -0.39 is 0 Å². The monoisotopic (exact) mass is 324 g/mol. The lowest BCUT2D eigenvalue weighted by atomic mass is 9.98. The van der Waals surface area contributed by atoms with E-state index >= 15 is 0 Å². The van der Waals surface area contributed by atoms with Crippen molar-refractivity contribution < 1.29 is 9.52 Å². The number of nitrogens with zero attached hydrogens (tertiary/aromatic N) is 1. The van der Waals surface area contributed by atoms with Gasteiger partial charge in [0.05, 0.1) is 12.6 Å². The topological polar surface area (TPSA) is 58.3 Å². The molecular weight excluding hydrogens is 308 g/mol. The molecule has 1 aromatic carbocycles. The second kappa shape index (κ2) is 4.89. The summed E-state index contributed by atoms with van der Waals surface area (Å²) in [4.78, 5) is 4.44. The van der Waals surface area contributed by atoms with Crippen LogP contribution in [0.25, 0.3) is 11.1 Å². The first kappa shape index (κ1) is 13.1. The third-order valence-electron chi connectivity index (χ3n) is 3.95. The predicted molar refractivity (Wildman–Crippen MR) is 76.8 cm³/mol. The molecule has 1 aliphatic carbocycles. The van der Waals surface area contributed by atoms with Crippen LogP contribution in [0.1, 0.15) is 32.1 Å². The predicted octanol–water partition coefficient (Wildman–Crippen LogP) is 2.98. The molecule has 4 nitrogen and oxygen atoms in total. The van der Waals surface area contributed by atoms with Gasteiger partial charge in [-0.05, 0) is 44.4 Å². The Morgan fingerprint density at radius 2 is 2.42 bits per heavy atom. The van der Waals surface area contributed by atoms with Crippen LogP contribution in [0.4, 0.5) is 0 Å². The number of aliphatic hydroxyl groups excluding tert-OH is 1. The van der Waals surface area contributed by atoms with Crippen LogP contribution in [0.5, 0.6) is 0 Å². The number of benzene rings is 1. The van der Waals surface area contributed by atoms with E-state index in [9.17, 15) is 5.11 Å². The molecule has 19 heavy (non-hydrogen) atoms. The van der Waals surface area contributed by atoms with Crippen molar-refractivity contribution in [3.8, 4) is 0 Å². The number of oxazole rings is 1. The molecule has 102 valence electrons. The van der Waals surface area contributed by atoms with E-state index in [0.29, 0.717) is 12.4 Å². The Kier molecular flexibility index (Phi) is 3.37. The number of hydrogen-bond donors (Lipinski definition) is 2. The fourth-order valence-electron chi connectivity index (χ4n) is 2.65. The van der Waals surface area contributed by atoms with E-state index in [4.69, 9.17) is 4.42 Å². The maximum absolute atomic E-state index is 9.98. The van der Waals surface area contributed by atoms with Crippen LogP contribution in [0.3, 0.4) is 0 Å². The third kappa shape index (κ3) is 2.55. The molecule has 2 aromatic rings. The molecule has 0 aliphatic heterocycles. The number of hydrogen-bond acceptors (Lipinski definition) is 4. The summed E-state index contributed by atoms with van der Waals surface area (Å²) in [7, 11) is 0. The first-order chi connectivity index (χ1) is 9.07. The molecule has 1 saturated carbocycles. The average Bonchev–Trinajstić information content (AvgIpc) is 2.91. The molecule has 2 atom stereocenters. The maximum Gasteiger partial charge on any atom is 0.209 e. The van der Waals surface area contributed by atoms with Gasteiger partial charge in [0.25, 0.3) is 0 Å². The van der Waals surface area contributed by atoms with Gasteiger partial charge in [-0.15, -0.1) is 0 Å². The van der Waals surface area contributed by atoms with Crippen molar-refractivity contribution in [3.05, 3.63) is 28.6 Å². The van der Waals surface area contributed by atoms with Gasteiger partial charge in [0.2, 0.25) is 5.89 Å². The summed E-state index contributed by atoms with van der Waals surface area (Å²) < 4.78 is 6.68. The molecule has 1 fully saturated rings. The van der Waals surface area contributed by atoms with Crippen LogP contribution in [-0.4, -0.2) is 21.7 Å². The summed E-state index contributed by atoms with van der Waals surface area (Å²) in [5, 5.41) is 13.4. The van der Waals surface area contributed by atoms with Crippen LogP contribution in [-0.2, 0) is 6.54 Å². The number of aromatic nitrogens is 1. The third-order valence-corrected chi connectivity index (χ3v) is 4.44. The molecule has 0 spiro atoms. The highest BCUT2D eigenvalue weighted by Crippen LogP contribution is 2.30. The highest BCUT2D eigenvalue weighted by molar-refractivity contribution is 9.10. The van der Waals surface area contributed by atoms with Gasteiger partial charge >= 0.3 is 0 Å². The molecule has 1 heterocycles. The number of halogens is 1. The minimum Gasteiger partial charge on any atom is -0.439 e. The fourth-order valence-corrected chi connectivity index (χ4v) is 2.99. The highest BCUT2D eigenvalue weighted by Gasteiger charge is 2.37. The minimum absolute atomic E-state index is 0.221. The first-order valence-electron chi connectivity index (χ1n) is 6.55. The van der Waals surface area contributed by atoms with Crippen molar-refractivity contribution >= 4 is 27.0 Å². The second-order valence-electron chi connectivity index (χ2n) is 5.40. The molecule has 5 heteroatoms. The molecule has 2 N–H and O–H groups in total. The van der Waals surface area contributed by atoms with Gasteiger partial charge in [-0.1, -0.05) is 15.9 Å². The van der Waals surface area contributed by atoms with Gasteiger partial charge in [-0.3, -0.25) is 0 Å². The van der Waals surface area contributed by atoms with Crippen LogP contribution in [0.15, 0.2) is 27.1 Å². The van der Waals surface area contributed by atoms with Gasteiger partial charge < -0.3 is 14.8 Å². The van der Waals surface area contributed by atoms with Gasteiger partial charge in [-0.25, -0.2) is 4.98 Å². The summed E-state index contributed by atoms with van der Waals surface area (Å²) >= 11 is 3.41. The van der Waals surface area contributed by atoms with Crippen molar-refractivity contribution in [3.63, 3.8) is 0 Å². The fraction of sp³-hybridized carbons (Fsp3) is 0.500. The quantitative estimate of drug-likeness (QED) is 0.911. The Labute approximate surface area is 120 Å². The SMILES string of the molecule is CC1(NCc2nc3ccc(Br)cc3o2)CCCC1O. The zero-order valence-electron chi connectivity index (χ0n) is 10.8. The lowest BCUT2D eigenvalue weighted by molar-refractivity contribution is 0.0934. The van der Waals surface area contributed by atoms with Gasteiger partial charge in [-0.2, -0.15) is 0 Å². The summed E-state index contributed by atoms with van der Waals surface area (Å²) in [6, 6.07) is 5.79. The summed E-state index contributed by atoms with van der Waals surface area (Å²) in [6.07, 6.45) is 2.63. The average molecular weight is 325 g/mol. The molecule has 0 radical (unpaired) electrons. The van der Waals surface area contributed by atoms with Crippen molar-refractivity contribution in [2.75, 3.05) is 0 Å². The number of aliphatic hydroxyl groups is 1. The van der Waals surface area contributed by atoms with E-state index in [1.165, 1.54) is 0 Å². The minimum atomic E-state index is -0.286. The Morgan fingerprint density at radius 1 is 1.58 bits per heavy atom. The van der Waals surface area contributed by atoms with E-state index in [-0.39, 0.29) is 11.6 Å². The second-order valence-corrected chi connectivity index (χ2v) is 6.31. The summed E-state index contributed by atoms with van der Waals surface area (Å²) in [5.41, 5.74) is 1.42. The molecule has 3 rings (SSSR count). The maximum atomic E-state index is 9.98. The van der Waals surface area contributed by atoms with Crippen LogP contribution < -0.4 is 5.32 Å². The van der Waals surface area contributed by atoms with Gasteiger partial charge in [0.1, 0.15) is 5.52 Å². The number of fused-ring (bicyclic) bond motifs is 1. The number of nitrogens with one attached hydrogen (secondary N) is 1. The largest absolute Gasteiger partial charge is 0.439 e. The van der Waals surface area contributed by atoms with Crippen LogP contribution in [0, 0.1) is 0 Å². The number of rotatable bonds is 3. The van der Waals surface area contributed by atoms with Crippen LogP contribution >= 0.6 is 15.9 Å². The zero-order valence-corrected chi connectivity index (χ0v) is 12.4. The van der Waals surface area contributed by atoms with E-state index in [0.717, 1.165) is 34.8 Å². The van der Waals surface area contributed by atoms with Gasteiger partial charge in [0.15, 0.2) is 5.58 Å². The van der Waals surface area contributed by atoms with E-state index in [2.05, 4.69) is 33.2 Å². The standard InChI is InChI=1S/C14H17BrN2O2/c1-14(6-2-3-12(14)18)16-8-13-17-10-5-4-9(15)7-11(10)19-13/h4-5,7,12,16,18H,2-3,6,8H2,1H3. The Bertz CT molecular complexity index is 598. The van der Waals surface area contributed by atoms with Crippen molar-refractivity contribution in [2.24, 2.45) is 0 Å². The Morgan fingerprint density at radius 3 is 3.16 bits per heavy atom. The van der Waals surface area contributed by atoms with E-state index in [1.54, 1.807) is 0 Å². The summed E-state index contributed by atoms with van der Waals surface area (Å²) in [5.74, 6) is 0.661. The van der Waals surface area contributed by atoms with Crippen molar-refractivity contribution in [2.45, 2.75) is 44.4 Å². The van der Waals surface area contributed by atoms with Gasteiger partial charge in [0, 0.05) is 10.0 Å². The molecule has 1 aromatic heterocycles. The Hall–Kier alpha value is -0.910. The lowest BCUT2D eigenvalue weighted by Crippen LogP contribution is -2.47. The van der Waals surface area contributed by atoms with Crippen molar-refractivity contribution in [1.82, 2.24) is 10.3 Å². The molecule has 0 saturated heterocycles. The lowest BCUT2D eigenvalue weighted by Gasteiger charge is -2.28. The molecule has 0 bridgehead atoms. The molecule has 1 aliphatic rings. The Balaban J connectivity index is 1.75. The molecule has 2 unspecified atom stereocenters. The summed E-state index contributed by atoms with van der Waals surface area (Å²) in [6.45, 7) is 2.60.